The summed E-state index contributed by atoms with van der Waals surface area (Å²) in [7, 11) is 1.31. The van der Waals surface area contributed by atoms with Gasteiger partial charge in [0, 0.05) is 35.1 Å². The predicted molar refractivity (Wildman–Crippen MR) is 131 cm³/mol. The quantitative estimate of drug-likeness (QED) is 0.250. The van der Waals surface area contributed by atoms with Gasteiger partial charge in [0.25, 0.3) is 5.91 Å². The minimum Gasteiger partial charge on any atom is -0.494 e. The number of nitrogens with zero attached hydrogens (tertiary/aromatic N) is 1. The van der Waals surface area contributed by atoms with Crippen LogP contribution < -0.4 is 11.1 Å². The lowest BCUT2D eigenvalue weighted by molar-refractivity contribution is 0.0600. The Bertz CT molecular complexity index is 1380. The summed E-state index contributed by atoms with van der Waals surface area (Å²) in [6.07, 6.45) is 0. The molecule has 8 heteroatoms. The van der Waals surface area contributed by atoms with E-state index < -0.39 is 5.97 Å². The topological polar surface area (TPSA) is 130 Å². The number of carbonyl (C=O) groups excluding carboxylic acids is 2. The number of nitrogens with two attached hydrogens (primary N) is 1. The maximum atomic E-state index is 12.4. The van der Waals surface area contributed by atoms with Crippen molar-refractivity contribution in [2.75, 3.05) is 20.2 Å². The van der Waals surface area contributed by atoms with E-state index >= 15 is 0 Å². The Hall–Kier alpha value is -4.43. The zero-order valence-corrected chi connectivity index (χ0v) is 18.5. The Morgan fingerprint density at radius 3 is 2.50 bits per heavy atom. The molecule has 0 aliphatic heterocycles. The number of H-pyrrole nitrogens is 1. The lowest BCUT2D eigenvalue weighted by Crippen LogP contribution is -2.28. The average Bonchev–Trinajstić information content (AvgIpc) is 3.20. The molecule has 1 aromatic heterocycles. The van der Waals surface area contributed by atoms with E-state index in [-0.39, 0.29) is 11.8 Å². The number of esters is 1. The van der Waals surface area contributed by atoms with Gasteiger partial charge >= 0.3 is 5.97 Å². The monoisotopic (exact) mass is 456 g/mol. The number of benzene rings is 3. The SMILES string of the molecule is COC(=O)c1ccc2c(C(=Nc3cccc(C(=O)NCCN)c3)c3ccccc3)c(O)[nH]c2c1. The minimum atomic E-state index is -0.473. The highest BCUT2D eigenvalue weighted by Crippen LogP contribution is 2.32. The van der Waals surface area contributed by atoms with E-state index in [0.29, 0.717) is 52.1 Å². The van der Waals surface area contributed by atoms with Gasteiger partial charge in [0.2, 0.25) is 0 Å². The van der Waals surface area contributed by atoms with E-state index in [1.807, 2.05) is 30.3 Å². The van der Waals surface area contributed by atoms with Crippen LogP contribution in [0.25, 0.3) is 10.9 Å². The van der Waals surface area contributed by atoms with Crippen molar-refractivity contribution in [2.24, 2.45) is 10.7 Å². The number of amides is 1. The molecule has 34 heavy (non-hydrogen) atoms. The standard InChI is InChI=1S/C26H24N4O4/c1-34-26(33)18-10-11-20-21(15-18)30-25(32)22(20)23(16-6-3-2-4-7-16)29-19-9-5-8-17(14-19)24(31)28-13-12-27/h2-11,14-15,30,32H,12-13,27H2,1H3,(H,28,31). The highest BCUT2D eigenvalue weighted by atomic mass is 16.5. The summed E-state index contributed by atoms with van der Waals surface area (Å²) >= 11 is 0. The molecule has 1 heterocycles. The van der Waals surface area contributed by atoms with E-state index in [1.165, 1.54) is 7.11 Å². The van der Waals surface area contributed by atoms with Crippen LogP contribution in [0.1, 0.15) is 31.8 Å². The van der Waals surface area contributed by atoms with Crippen LogP contribution in [-0.2, 0) is 4.74 Å². The molecule has 0 saturated heterocycles. The summed E-state index contributed by atoms with van der Waals surface area (Å²) in [6.45, 7) is 0.720. The van der Waals surface area contributed by atoms with Crippen molar-refractivity contribution in [3.05, 3.63) is 95.1 Å². The number of methoxy groups -OCH3 is 1. The molecule has 0 aliphatic carbocycles. The summed E-state index contributed by atoms with van der Waals surface area (Å²) in [5.41, 5.74) is 9.15. The smallest absolute Gasteiger partial charge is 0.337 e. The molecule has 0 unspecified atom stereocenters. The summed E-state index contributed by atoms with van der Waals surface area (Å²) in [4.78, 5) is 32.1. The van der Waals surface area contributed by atoms with Gasteiger partial charge in [0.05, 0.1) is 29.6 Å². The molecule has 4 aromatic rings. The zero-order chi connectivity index (χ0) is 24.1. The summed E-state index contributed by atoms with van der Waals surface area (Å²) in [6, 6.07) is 21.3. The fourth-order valence-electron chi connectivity index (χ4n) is 3.66. The largest absolute Gasteiger partial charge is 0.494 e. The van der Waals surface area contributed by atoms with E-state index in [4.69, 9.17) is 15.5 Å². The number of ether oxygens (including phenoxy) is 1. The van der Waals surface area contributed by atoms with Crippen molar-refractivity contribution in [1.29, 1.82) is 0 Å². The van der Waals surface area contributed by atoms with Crippen molar-refractivity contribution in [1.82, 2.24) is 10.3 Å². The molecular formula is C26H24N4O4. The second kappa shape index (κ2) is 10.0. The molecule has 0 atom stereocenters. The first-order valence-corrected chi connectivity index (χ1v) is 10.7. The number of aliphatic imine (C=N–C) groups is 1. The Morgan fingerprint density at radius 1 is 1.00 bits per heavy atom. The minimum absolute atomic E-state index is 0.0866. The first-order valence-electron chi connectivity index (χ1n) is 10.7. The third-order valence-electron chi connectivity index (χ3n) is 5.26. The molecule has 4 rings (SSSR count). The number of rotatable bonds is 7. The van der Waals surface area contributed by atoms with Gasteiger partial charge in [-0.25, -0.2) is 9.79 Å². The fourth-order valence-corrected chi connectivity index (χ4v) is 3.66. The summed E-state index contributed by atoms with van der Waals surface area (Å²) < 4.78 is 4.79. The van der Waals surface area contributed by atoms with Gasteiger partial charge in [0.1, 0.15) is 0 Å². The number of hydrogen-bond acceptors (Lipinski definition) is 6. The first kappa shape index (κ1) is 22.8. The number of aromatic hydroxyl groups is 1. The predicted octanol–water partition coefficient (Wildman–Crippen LogP) is 3.52. The van der Waals surface area contributed by atoms with Crippen LogP contribution in [0.3, 0.4) is 0 Å². The third-order valence-corrected chi connectivity index (χ3v) is 5.26. The molecule has 0 saturated carbocycles. The van der Waals surface area contributed by atoms with Gasteiger partial charge in [-0.05, 0) is 30.3 Å². The second-order valence-corrected chi connectivity index (χ2v) is 7.52. The van der Waals surface area contributed by atoms with Gasteiger partial charge < -0.3 is 25.9 Å². The number of carbonyl (C=O) groups is 2. The molecular weight excluding hydrogens is 432 g/mol. The highest BCUT2D eigenvalue weighted by Gasteiger charge is 2.20. The second-order valence-electron chi connectivity index (χ2n) is 7.52. The van der Waals surface area contributed by atoms with Crippen molar-refractivity contribution in [2.45, 2.75) is 0 Å². The van der Waals surface area contributed by atoms with Crippen LogP contribution in [0, 0.1) is 0 Å². The van der Waals surface area contributed by atoms with Gasteiger partial charge in [-0.3, -0.25) is 4.79 Å². The molecule has 3 aromatic carbocycles. The zero-order valence-electron chi connectivity index (χ0n) is 18.5. The van der Waals surface area contributed by atoms with Crippen LogP contribution in [0.4, 0.5) is 5.69 Å². The van der Waals surface area contributed by atoms with Crippen LogP contribution in [0.15, 0.2) is 77.8 Å². The molecule has 172 valence electrons. The fraction of sp³-hybridized carbons (Fsp3) is 0.115. The molecule has 0 aliphatic rings. The molecule has 0 spiro atoms. The van der Waals surface area contributed by atoms with Crippen molar-refractivity contribution in [3.8, 4) is 5.88 Å². The number of aromatic amines is 1. The van der Waals surface area contributed by atoms with Gasteiger partial charge in [-0.1, -0.05) is 42.5 Å². The Balaban J connectivity index is 1.85. The highest BCUT2D eigenvalue weighted by molar-refractivity contribution is 6.22. The number of nitrogens with one attached hydrogen (secondary N) is 2. The Labute approximate surface area is 196 Å². The first-order chi connectivity index (χ1) is 16.5. The molecule has 0 fully saturated rings. The maximum absolute atomic E-state index is 12.4. The lowest BCUT2D eigenvalue weighted by atomic mass is 10.00. The van der Waals surface area contributed by atoms with Crippen LogP contribution in [0.2, 0.25) is 0 Å². The Morgan fingerprint density at radius 2 is 1.76 bits per heavy atom. The molecule has 5 N–H and O–H groups in total. The van der Waals surface area contributed by atoms with Gasteiger partial charge in [-0.15, -0.1) is 0 Å². The summed E-state index contributed by atoms with van der Waals surface area (Å²) in [5, 5.41) is 14.3. The van der Waals surface area contributed by atoms with E-state index in [9.17, 15) is 14.7 Å². The lowest BCUT2D eigenvalue weighted by Gasteiger charge is -2.09. The maximum Gasteiger partial charge on any atom is 0.337 e. The summed E-state index contributed by atoms with van der Waals surface area (Å²) in [5.74, 6) is -0.801. The van der Waals surface area contributed by atoms with E-state index in [0.717, 1.165) is 5.56 Å². The van der Waals surface area contributed by atoms with Crippen molar-refractivity contribution < 1.29 is 19.4 Å². The third kappa shape index (κ3) is 4.67. The molecule has 0 radical (unpaired) electrons. The van der Waals surface area contributed by atoms with Crippen LogP contribution >= 0.6 is 0 Å². The van der Waals surface area contributed by atoms with Crippen molar-refractivity contribution in [3.63, 3.8) is 0 Å². The number of fused-ring (bicyclic) bond motifs is 1. The van der Waals surface area contributed by atoms with Gasteiger partial charge in [0.15, 0.2) is 5.88 Å². The van der Waals surface area contributed by atoms with Crippen molar-refractivity contribution >= 4 is 34.2 Å². The molecule has 0 bridgehead atoms. The van der Waals surface area contributed by atoms with Gasteiger partial charge in [-0.2, -0.15) is 0 Å². The number of hydrogen-bond donors (Lipinski definition) is 4. The molecule has 1 amide bonds. The van der Waals surface area contributed by atoms with Crippen LogP contribution in [0.5, 0.6) is 5.88 Å². The average molecular weight is 457 g/mol. The van der Waals surface area contributed by atoms with E-state index in [2.05, 4.69) is 10.3 Å². The number of aromatic nitrogens is 1. The normalized spacial score (nSPS) is 11.4. The van der Waals surface area contributed by atoms with E-state index in [1.54, 1.807) is 42.5 Å². The van der Waals surface area contributed by atoms with Crippen LogP contribution in [-0.4, -0.2) is 47.9 Å². The molecule has 8 nitrogen and oxygen atoms in total. The Kier molecular flexibility index (Phi) is 6.70.